The predicted molar refractivity (Wildman–Crippen MR) is 130 cm³/mol. The van der Waals surface area contributed by atoms with Gasteiger partial charge in [0, 0.05) is 5.92 Å². The van der Waals surface area contributed by atoms with Crippen LogP contribution in [-0.2, 0) is 4.74 Å². The summed E-state index contributed by atoms with van der Waals surface area (Å²) in [5.74, 6) is 2.56. The monoisotopic (exact) mass is 450 g/mol. The van der Waals surface area contributed by atoms with Crippen LogP contribution in [0, 0.1) is 11.3 Å². The van der Waals surface area contributed by atoms with Gasteiger partial charge in [0.15, 0.2) is 5.05 Å². The minimum Gasteiger partial charge on any atom is -0.486 e. The minimum absolute atomic E-state index is 0.0488. The van der Waals surface area contributed by atoms with E-state index in [1.54, 1.807) is 0 Å². The van der Waals surface area contributed by atoms with Crippen molar-refractivity contribution in [2.75, 3.05) is 37.9 Å². The first-order chi connectivity index (χ1) is 14.0. The normalized spacial score (nSPS) is 12.9. The molecule has 4 nitrogen and oxygen atoms in total. The fourth-order valence-corrected chi connectivity index (χ4v) is 4.22. The van der Waals surface area contributed by atoms with Crippen LogP contribution in [-0.4, -0.2) is 58.3 Å². The quantitative estimate of drug-likeness (QED) is 0.161. The minimum atomic E-state index is -1.02. The molecule has 0 aliphatic heterocycles. The Kier molecular flexibility index (Phi) is 20.1. The first-order valence-corrected chi connectivity index (χ1v) is 13.2. The Hall–Kier alpha value is 0.120. The van der Waals surface area contributed by atoms with Crippen molar-refractivity contribution in [2.45, 2.75) is 90.9 Å². The van der Waals surface area contributed by atoms with Crippen molar-refractivity contribution in [3.05, 3.63) is 0 Å². The molecule has 6 heteroatoms. The van der Waals surface area contributed by atoms with Gasteiger partial charge in [0.05, 0.1) is 25.2 Å². The maximum Gasteiger partial charge on any atom is 0.162 e. The zero-order valence-electron chi connectivity index (χ0n) is 18.9. The van der Waals surface area contributed by atoms with Gasteiger partial charge in [-0.3, -0.25) is 0 Å². The van der Waals surface area contributed by atoms with Gasteiger partial charge in [0.25, 0.3) is 0 Å². The van der Waals surface area contributed by atoms with E-state index in [0.29, 0.717) is 5.05 Å². The lowest BCUT2D eigenvalue weighted by Crippen LogP contribution is -2.39. The third kappa shape index (κ3) is 15.6. The molecule has 0 saturated carbocycles. The summed E-state index contributed by atoms with van der Waals surface area (Å²) in [5.41, 5.74) is -1.02. The third-order valence-electron chi connectivity index (χ3n) is 5.50. The molecule has 0 rings (SSSR count). The van der Waals surface area contributed by atoms with E-state index in [4.69, 9.17) is 17.0 Å². The molecule has 0 heterocycles. The van der Waals surface area contributed by atoms with Gasteiger partial charge in [-0.1, -0.05) is 71.6 Å². The van der Waals surface area contributed by atoms with Gasteiger partial charge in [0.2, 0.25) is 0 Å². The second-order valence-electron chi connectivity index (χ2n) is 8.42. The molecule has 1 atom stereocenters. The molecule has 174 valence electrons. The van der Waals surface area contributed by atoms with Gasteiger partial charge < -0.3 is 20.1 Å². The molecule has 0 saturated heterocycles. The molecule has 0 aliphatic carbocycles. The molecule has 0 aromatic rings. The van der Waals surface area contributed by atoms with Crippen LogP contribution in [0.25, 0.3) is 0 Å². The average Bonchev–Trinajstić information content (AvgIpc) is 2.75. The summed E-state index contributed by atoms with van der Waals surface area (Å²) in [7, 11) is 0. The average molecular weight is 451 g/mol. The van der Waals surface area contributed by atoms with E-state index in [0.717, 1.165) is 18.6 Å². The Balaban J connectivity index is 3.53. The number of unbranched alkanes of at least 4 members (excludes halogenated alkanes) is 9. The molecule has 0 aliphatic rings. The Morgan fingerprint density at radius 1 is 0.828 bits per heavy atom. The van der Waals surface area contributed by atoms with Crippen LogP contribution in [0.4, 0.5) is 0 Å². The first kappa shape index (κ1) is 29.1. The number of ether oxygens (including phenoxy) is 1. The molecule has 0 radical (unpaired) electrons. The molecular formula is C23H46O4S2. The summed E-state index contributed by atoms with van der Waals surface area (Å²) in [6, 6.07) is 0. The lowest BCUT2D eigenvalue weighted by Gasteiger charge is -2.28. The summed E-state index contributed by atoms with van der Waals surface area (Å²) in [4.78, 5) is 0. The van der Waals surface area contributed by atoms with E-state index in [-0.39, 0.29) is 32.3 Å². The van der Waals surface area contributed by atoms with E-state index < -0.39 is 5.41 Å². The molecule has 0 aromatic heterocycles. The Morgan fingerprint density at radius 3 is 1.83 bits per heavy atom. The van der Waals surface area contributed by atoms with E-state index in [2.05, 4.69) is 6.92 Å². The highest BCUT2D eigenvalue weighted by molar-refractivity contribution is 7.99. The third-order valence-corrected chi connectivity index (χ3v) is 7.17. The summed E-state index contributed by atoms with van der Waals surface area (Å²) in [5, 5.41) is 28.5. The lowest BCUT2D eigenvalue weighted by atomic mass is 9.92. The Bertz CT molecular complexity index is 368. The van der Waals surface area contributed by atoms with Gasteiger partial charge in [0.1, 0.15) is 6.61 Å². The van der Waals surface area contributed by atoms with Crippen LogP contribution < -0.4 is 0 Å². The smallest absolute Gasteiger partial charge is 0.162 e. The molecule has 0 bridgehead atoms. The molecule has 1 unspecified atom stereocenters. The van der Waals surface area contributed by atoms with Gasteiger partial charge in [-0.2, -0.15) is 11.8 Å². The summed E-state index contributed by atoms with van der Waals surface area (Å²) < 4.78 is 5.56. The van der Waals surface area contributed by atoms with Gasteiger partial charge in [-0.25, -0.2) is 0 Å². The highest BCUT2D eigenvalue weighted by atomic mass is 32.2. The Morgan fingerprint density at radius 2 is 1.31 bits per heavy atom. The molecule has 0 amide bonds. The van der Waals surface area contributed by atoms with Gasteiger partial charge in [-0.15, -0.1) is 0 Å². The van der Waals surface area contributed by atoms with E-state index in [1.165, 1.54) is 70.0 Å². The molecule has 3 N–H and O–H groups in total. The zero-order chi connectivity index (χ0) is 21.8. The van der Waals surface area contributed by atoms with Gasteiger partial charge >= 0.3 is 0 Å². The standard InChI is InChI=1S/C23H46O4S2/c1-3-4-5-6-7-8-9-10-11-12-15-29-16-13-14-21(2)22(28)27-20-23(17-24,18-25)19-26/h21,24-26H,3-20H2,1-2H3. The second-order valence-corrected chi connectivity index (χ2v) is 10.0. The van der Waals surface area contributed by atoms with Crippen LogP contribution in [0.2, 0.25) is 0 Å². The predicted octanol–water partition coefficient (Wildman–Crippen LogP) is 5.36. The number of rotatable bonds is 21. The number of hydrogen-bond acceptors (Lipinski definition) is 6. The zero-order valence-corrected chi connectivity index (χ0v) is 20.5. The SMILES string of the molecule is CCCCCCCCCCCCSCCCC(C)C(=S)OCC(CO)(CO)CO. The largest absolute Gasteiger partial charge is 0.486 e. The van der Waals surface area contributed by atoms with E-state index in [1.807, 2.05) is 18.7 Å². The van der Waals surface area contributed by atoms with Crippen molar-refractivity contribution in [1.82, 2.24) is 0 Å². The van der Waals surface area contributed by atoms with Crippen molar-refractivity contribution < 1.29 is 20.1 Å². The van der Waals surface area contributed by atoms with Crippen molar-refractivity contribution in [2.24, 2.45) is 11.3 Å². The topological polar surface area (TPSA) is 69.9 Å². The van der Waals surface area contributed by atoms with Crippen molar-refractivity contribution in [3.8, 4) is 0 Å². The van der Waals surface area contributed by atoms with Crippen LogP contribution in [0.3, 0.4) is 0 Å². The van der Waals surface area contributed by atoms with E-state index in [9.17, 15) is 15.3 Å². The van der Waals surface area contributed by atoms with E-state index >= 15 is 0 Å². The fraction of sp³-hybridized carbons (Fsp3) is 0.957. The number of aliphatic hydroxyl groups is 3. The highest BCUT2D eigenvalue weighted by Gasteiger charge is 2.30. The highest BCUT2D eigenvalue weighted by Crippen LogP contribution is 2.19. The second kappa shape index (κ2) is 20.0. The van der Waals surface area contributed by atoms with Gasteiger partial charge in [-0.05, 0) is 43.0 Å². The number of hydrogen-bond donors (Lipinski definition) is 3. The van der Waals surface area contributed by atoms with Crippen molar-refractivity contribution in [3.63, 3.8) is 0 Å². The number of thioether (sulfide) groups is 1. The summed E-state index contributed by atoms with van der Waals surface area (Å²) >= 11 is 7.34. The summed E-state index contributed by atoms with van der Waals surface area (Å²) in [6.45, 7) is 3.39. The maximum atomic E-state index is 9.33. The van der Waals surface area contributed by atoms with Crippen LogP contribution in [0.1, 0.15) is 90.9 Å². The number of aliphatic hydroxyl groups excluding tert-OH is 3. The fourth-order valence-electron chi connectivity index (χ4n) is 3.06. The Labute approximate surface area is 189 Å². The molecule has 0 aromatic carbocycles. The van der Waals surface area contributed by atoms with Crippen molar-refractivity contribution in [1.29, 1.82) is 0 Å². The lowest BCUT2D eigenvalue weighted by molar-refractivity contribution is -0.0295. The maximum absolute atomic E-state index is 9.33. The molecular weight excluding hydrogens is 404 g/mol. The van der Waals surface area contributed by atoms with Crippen LogP contribution >= 0.6 is 24.0 Å². The van der Waals surface area contributed by atoms with Crippen molar-refractivity contribution >= 4 is 29.0 Å². The molecule has 29 heavy (non-hydrogen) atoms. The van der Waals surface area contributed by atoms with Crippen LogP contribution in [0.5, 0.6) is 0 Å². The summed E-state index contributed by atoms with van der Waals surface area (Å²) in [6.07, 6.45) is 15.9. The number of thiocarbonyl (C=S) groups is 1. The first-order valence-electron chi connectivity index (χ1n) is 11.6. The molecule has 0 spiro atoms. The van der Waals surface area contributed by atoms with Crippen LogP contribution in [0.15, 0.2) is 0 Å². The molecule has 0 fully saturated rings.